The average Bonchev–Trinajstić information content (AvgIpc) is 3.58. The van der Waals surface area contributed by atoms with E-state index < -0.39 is 5.54 Å². The summed E-state index contributed by atoms with van der Waals surface area (Å²) in [6, 6.07) is 10.1. The van der Waals surface area contributed by atoms with Crippen LogP contribution in [0.25, 0.3) is 11.2 Å². The highest BCUT2D eigenvalue weighted by Gasteiger charge is 2.47. The quantitative estimate of drug-likeness (QED) is 0.595. The molecule has 33 heavy (non-hydrogen) atoms. The summed E-state index contributed by atoms with van der Waals surface area (Å²) in [5.74, 6) is 1.83. The molecule has 8 nitrogen and oxygen atoms in total. The molecule has 1 saturated carbocycles. The lowest BCUT2D eigenvalue weighted by atomic mass is 9.83. The van der Waals surface area contributed by atoms with E-state index in [0.29, 0.717) is 28.0 Å². The van der Waals surface area contributed by atoms with Gasteiger partial charge >= 0.3 is 0 Å². The number of halogens is 1. The third-order valence-corrected chi connectivity index (χ3v) is 7.39. The Balaban J connectivity index is 1.53. The highest BCUT2D eigenvalue weighted by Crippen LogP contribution is 2.49. The Kier molecular flexibility index (Phi) is 5.31. The van der Waals surface area contributed by atoms with Gasteiger partial charge in [0.2, 0.25) is 5.95 Å². The minimum absolute atomic E-state index is 0.289. The number of piperazine rings is 1. The van der Waals surface area contributed by atoms with E-state index in [4.69, 9.17) is 37.3 Å². The topological polar surface area (TPSA) is 96.1 Å². The van der Waals surface area contributed by atoms with Gasteiger partial charge in [-0.05, 0) is 37.2 Å². The van der Waals surface area contributed by atoms with E-state index in [1.54, 1.807) is 0 Å². The first-order valence-corrected chi connectivity index (χ1v) is 12.3. The minimum Gasteiger partial charge on any atom is -0.355 e. The fraction of sp³-hybridized carbons (Fsp3) is 0.500. The van der Waals surface area contributed by atoms with Gasteiger partial charge in [0.25, 0.3) is 0 Å². The molecule has 6 rings (SSSR count). The lowest BCUT2D eigenvalue weighted by molar-refractivity contribution is 0.453. The van der Waals surface area contributed by atoms with E-state index in [9.17, 15) is 0 Å². The fourth-order valence-corrected chi connectivity index (χ4v) is 5.42. The smallest absolute Gasteiger partial charge is 0.229 e. The lowest BCUT2D eigenvalue weighted by Crippen LogP contribution is -2.44. The summed E-state index contributed by atoms with van der Waals surface area (Å²) in [7, 11) is 0. The molecule has 1 aromatic carbocycles. The Morgan fingerprint density at radius 1 is 0.909 bits per heavy atom. The zero-order valence-electron chi connectivity index (χ0n) is 18.7. The van der Waals surface area contributed by atoms with Gasteiger partial charge in [-0.3, -0.25) is 0 Å². The van der Waals surface area contributed by atoms with Crippen molar-refractivity contribution < 1.29 is 0 Å². The Morgan fingerprint density at radius 2 is 1.64 bits per heavy atom. The first-order chi connectivity index (χ1) is 16.1. The molecule has 0 amide bonds. The van der Waals surface area contributed by atoms with Crippen LogP contribution < -0.4 is 20.9 Å². The van der Waals surface area contributed by atoms with Crippen molar-refractivity contribution in [2.24, 2.45) is 11.7 Å². The number of anilines is 2. The summed E-state index contributed by atoms with van der Waals surface area (Å²) in [5.41, 5.74) is 9.20. The second kappa shape index (κ2) is 8.34. The van der Waals surface area contributed by atoms with E-state index >= 15 is 0 Å². The van der Waals surface area contributed by atoms with Crippen LogP contribution in [0.15, 0.2) is 30.3 Å². The molecule has 172 valence electrons. The number of hydrogen-bond acceptors (Lipinski definition) is 8. The number of nitrogens with two attached hydrogens (primary N) is 1. The first kappa shape index (κ1) is 21.0. The largest absolute Gasteiger partial charge is 0.355 e. The summed E-state index contributed by atoms with van der Waals surface area (Å²) >= 11 is 6.83. The van der Waals surface area contributed by atoms with Crippen LogP contribution >= 0.6 is 11.6 Å². The summed E-state index contributed by atoms with van der Waals surface area (Å²) in [5, 5.41) is 3.74. The molecule has 0 bridgehead atoms. The number of fused-ring (bicyclic) bond motifs is 1. The minimum atomic E-state index is -0.784. The maximum atomic E-state index is 7.12. The van der Waals surface area contributed by atoms with Crippen LogP contribution in [0.1, 0.15) is 36.9 Å². The van der Waals surface area contributed by atoms with Crippen molar-refractivity contribution in [3.8, 4) is 0 Å². The van der Waals surface area contributed by atoms with E-state index in [1.165, 1.54) is 0 Å². The van der Waals surface area contributed by atoms with E-state index in [2.05, 4.69) is 27.2 Å². The van der Waals surface area contributed by atoms with Gasteiger partial charge in [-0.2, -0.15) is 9.97 Å². The molecule has 2 saturated heterocycles. The number of benzene rings is 1. The first-order valence-electron chi connectivity index (χ1n) is 12.0. The fourth-order valence-electron chi connectivity index (χ4n) is 5.14. The number of nitrogens with zero attached hydrogens (tertiary/aromatic N) is 6. The van der Waals surface area contributed by atoms with Crippen molar-refractivity contribution in [2.45, 2.75) is 31.2 Å². The van der Waals surface area contributed by atoms with E-state index in [1.807, 2.05) is 18.2 Å². The Hall–Kier alpha value is -2.55. The van der Waals surface area contributed by atoms with Gasteiger partial charge in [0.1, 0.15) is 5.69 Å². The second-order valence-electron chi connectivity index (χ2n) is 9.32. The predicted octanol–water partition coefficient (Wildman–Crippen LogP) is 2.70. The molecular weight excluding hydrogens is 436 g/mol. The van der Waals surface area contributed by atoms with Crippen molar-refractivity contribution >= 4 is 34.5 Å². The molecular formula is C24H29ClN8. The van der Waals surface area contributed by atoms with E-state index in [-0.39, 0.29) is 5.92 Å². The molecule has 9 heteroatoms. The van der Waals surface area contributed by atoms with Crippen LogP contribution in [-0.4, -0.2) is 59.2 Å². The number of nitrogens with one attached hydrogen (secondary N) is 1. The number of aromatic nitrogens is 4. The molecule has 2 aromatic heterocycles. The van der Waals surface area contributed by atoms with Gasteiger partial charge in [0.05, 0.1) is 5.54 Å². The van der Waals surface area contributed by atoms with Crippen LogP contribution in [-0.2, 0) is 5.54 Å². The zero-order valence-corrected chi connectivity index (χ0v) is 19.4. The van der Waals surface area contributed by atoms with Gasteiger partial charge in [-0.25, -0.2) is 9.97 Å². The zero-order chi connectivity index (χ0) is 22.4. The monoisotopic (exact) mass is 464 g/mol. The second-order valence-corrected chi connectivity index (χ2v) is 9.68. The molecule has 1 unspecified atom stereocenters. The SMILES string of the molecule is NC(c1ccccc1)(c1nc2nc(N3CCNCC3)nc(N3CCCC3)c2nc1Cl)C1CC1. The Bertz CT molecular complexity index is 1160. The maximum Gasteiger partial charge on any atom is 0.229 e. The van der Waals surface area contributed by atoms with Crippen LogP contribution in [0, 0.1) is 5.92 Å². The Labute approximate surface area is 198 Å². The summed E-state index contributed by atoms with van der Waals surface area (Å²) in [4.78, 5) is 24.2. The molecule has 0 radical (unpaired) electrons. The Morgan fingerprint density at radius 3 is 2.33 bits per heavy atom. The van der Waals surface area contributed by atoms with Crippen LogP contribution in [0.2, 0.25) is 5.15 Å². The van der Waals surface area contributed by atoms with Gasteiger partial charge in [0, 0.05) is 39.3 Å². The van der Waals surface area contributed by atoms with Crippen molar-refractivity contribution in [1.29, 1.82) is 0 Å². The van der Waals surface area contributed by atoms with Gasteiger partial charge in [-0.15, -0.1) is 0 Å². The maximum absolute atomic E-state index is 7.12. The van der Waals surface area contributed by atoms with Crippen molar-refractivity contribution in [3.63, 3.8) is 0 Å². The standard InChI is InChI=1S/C24H29ClN8/c25-20-19(24(26,17-8-9-17)16-6-2-1-3-7-16)29-21-18(28-20)22(32-12-4-5-13-32)31-23(30-21)33-14-10-27-11-15-33/h1-3,6-7,17,27H,4-5,8-15,26H2. The molecule has 1 aliphatic carbocycles. The summed E-state index contributed by atoms with van der Waals surface area (Å²) in [6.45, 7) is 5.48. The average molecular weight is 465 g/mol. The van der Waals surface area contributed by atoms with Crippen molar-refractivity contribution in [3.05, 3.63) is 46.7 Å². The van der Waals surface area contributed by atoms with Crippen LogP contribution in [0.3, 0.4) is 0 Å². The third kappa shape index (κ3) is 3.70. The van der Waals surface area contributed by atoms with Crippen molar-refractivity contribution in [1.82, 2.24) is 25.3 Å². The molecule has 3 N–H and O–H groups in total. The molecule has 2 aliphatic heterocycles. The van der Waals surface area contributed by atoms with E-state index in [0.717, 1.165) is 76.3 Å². The highest BCUT2D eigenvalue weighted by molar-refractivity contribution is 6.30. The molecule has 3 aliphatic rings. The third-order valence-electron chi connectivity index (χ3n) is 7.13. The molecule has 1 atom stereocenters. The highest BCUT2D eigenvalue weighted by atomic mass is 35.5. The van der Waals surface area contributed by atoms with Gasteiger partial charge < -0.3 is 20.9 Å². The lowest BCUT2D eigenvalue weighted by Gasteiger charge is -2.31. The summed E-state index contributed by atoms with van der Waals surface area (Å²) < 4.78 is 0. The summed E-state index contributed by atoms with van der Waals surface area (Å²) in [6.07, 6.45) is 4.40. The number of hydrogen-bond donors (Lipinski definition) is 2. The van der Waals surface area contributed by atoms with Crippen molar-refractivity contribution in [2.75, 3.05) is 49.1 Å². The number of rotatable bonds is 5. The predicted molar refractivity (Wildman–Crippen MR) is 131 cm³/mol. The molecule has 0 spiro atoms. The van der Waals surface area contributed by atoms with Gasteiger partial charge in [-0.1, -0.05) is 41.9 Å². The normalized spacial score (nSPS) is 20.9. The van der Waals surface area contributed by atoms with Crippen LogP contribution in [0.5, 0.6) is 0 Å². The molecule has 4 heterocycles. The van der Waals surface area contributed by atoms with Crippen LogP contribution in [0.4, 0.5) is 11.8 Å². The molecule has 3 fully saturated rings. The van der Waals surface area contributed by atoms with Gasteiger partial charge in [0.15, 0.2) is 22.1 Å². The molecule has 3 aromatic rings.